The minimum Gasteiger partial charge on any atom is -0.337 e. The Kier molecular flexibility index (Phi) is 6.29. The van der Waals surface area contributed by atoms with E-state index < -0.39 is 0 Å². The molecule has 0 fully saturated rings. The Morgan fingerprint density at radius 1 is 0.889 bits per heavy atom. The summed E-state index contributed by atoms with van der Waals surface area (Å²) in [6.45, 7) is 6.57. The molecule has 0 aliphatic heterocycles. The lowest BCUT2D eigenvalue weighted by molar-refractivity contribution is 0.585. The van der Waals surface area contributed by atoms with Crippen LogP contribution >= 0.6 is 11.6 Å². The zero-order valence-electron chi connectivity index (χ0n) is 20.7. The molecule has 3 aromatic heterocycles. The number of nitrogens with zero attached hydrogens (tertiary/aromatic N) is 6. The van der Waals surface area contributed by atoms with E-state index in [0.29, 0.717) is 5.02 Å². The quantitative estimate of drug-likeness (QED) is 0.276. The van der Waals surface area contributed by atoms with Crippen LogP contribution in [0.25, 0.3) is 27.7 Å². The van der Waals surface area contributed by atoms with E-state index in [2.05, 4.69) is 76.2 Å². The number of tetrazole rings is 1. The summed E-state index contributed by atoms with van der Waals surface area (Å²) in [5, 5.41) is 13.6. The van der Waals surface area contributed by atoms with Gasteiger partial charge in [0.2, 0.25) is 0 Å². The van der Waals surface area contributed by atoms with E-state index in [1.54, 1.807) is 4.52 Å². The second-order valence-electron chi connectivity index (χ2n) is 9.42. The molecular formula is C29H27ClN6. The minimum atomic E-state index is -0.00104. The number of aromatic nitrogens is 6. The lowest BCUT2D eigenvalue weighted by atomic mass is 9.81. The summed E-state index contributed by atoms with van der Waals surface area (Å²) in [5.74, 6) is 0. The molecule has 0 bridgehead atoms. The second kappa shape index (κ2) is 9.55. The van der Waals surface area contributed by atoms with Crippen LogP contribution in [0.2, 0.25) is 5.02 Å². The van der Waals surface area contributed by atoms with E-state index in [4.69, 9.17) is 11.6 Å². The zero-order chi connectivity index (χ0) is 25.3. The Labute approximate surface area is 215 Å². The number of rotatable bonds is 3. The maximum absolute atomic E-state index is 6.10. The van der Waals surface area contributed by atoms with Gasteiger partial charge in [-0.2, -0.15) is 4.52 Å². The first-order valence-corrected chi connectivity index (χ1v) is 12.1. The Bertz CT molecular complexity index is 1650. The van der Waals surface area contributed by atoms with Crippen LogP contribution in [-0.2, 0) is 12.5 Å². The van der Waals surface area contributed by atoms with Gasteiger partial charge in [-0.05, 0) is 58.3 Å². The highest BCUT2D eigenvalue weighted by Crippen LogP contribution is 2.32. The molecule has 3 heterocycles. The van der Waals surface area contributed by atoms with Crippen molar-refractivity contribution >= 4 is 28.2 Å². The van der Waals surface area contributed by atoms with Gasteiger partial charge in [-0.1, -0.05) is 85.6 Å². The Morgan fingerprint density at radius 2 is 1.67 bits per heavy atom. The highest BCUT2D eigenvalue weighted by atomic mass is 35.5. The summed E-state index contributed by atoms with van der Waals surface area (Å²) < 4.78 is 3.82. The van der Waals surface area contributed by atoms with Gasteiger partial charge in [0.15, 0.2) is 5.65 Å². The third-order valence-electron chi connectivity index (χ3n) is 6.56. The van der Waals surface area contributed by atoms with Gasteiger partial charge in [0.1, 0.15) is 0 Å². The summed E-state index contributed by atoms with van der Waals surface area (Å²) >= 11 is 6.10. The van der Waals surface area contributed by atoms with E-state index in [1.165, 1.54) is 16.8 Å². The van der Waals surface area contributed by atoms with Crippen LogP contribution in [-0.4, -0.2) is 29.6 Å². The van der Waals surface area contributed by atoms with Gasteiger partial charge in [0.25, 0.3) is 0 Å². The number of aryl methyl sites for hydroxylation is 2. The first kappa shape index (κ1) is 23.7. The summed E-state index contributed by atoms with van der Waals surface area (Å²) in [4.78, 5) is 4.19. The Hall–Kier alpha value is -4.03. The van der Waals surface area contributed by atoms with Crippen molar-refractivity contribution in [2.24, 2.45) is 7.05 Å². The van der Waals surface area contributed by atoms with Crippen molar-refractivity contribution in [2.45, 2.75) is 26.2 Å². The van der Waals surface area contributed by atoms with Crippen LogP contribution in [0.3, 0.4) is 0 Å². The summed E-state index contributed by atoms with van der Waals surface area (Å²) in [7, 11) is 2.04. The molecule has 0 atom stereocenters. The normalized spacial score (nSPS) is 11.5. The number of pyridine rings is 1. The summed E-state index contributed by atoms with van der Waals surface area (Å²) in [6, 6.07) is 26.5. The van der Waals surface area contributed by atoms with Gasteiger partial charge >= 0.3 is 0 Å². The van der Waals surface area contributed by atoms with Crippen LogP contribution in [0, 0.1) is 6.92 Å². The Balaban J connectivity index is 0.000000152. The molecule has 0 saturated carbocycles. The Morgan fingerprint density at radius 3 is 2.39 bits per heavy atom. The third-order valence-corrected chi connectivity index (χ3v) is 6.79. The fourth-order valence-electron chi connectivity index (χ4n) is 4.52. The first-order chi connectivity index (χ1) is 17.3. The molecule has 0 N–H and O–H groups in total. The van der Waals surface area contributed by atoms with E-state index in [-0.39, 0.29) is 5.41 Å². The molecule has 0 unspecified atom stereocenters. The second-order valence-corrected chi connectivity index (χ2v) is 9.85. The molecule has 36 heavy (non-hydrogen) atoms. The molecule has 0 radical (unpaired) electrons. The summed E-state index contributed by atoms with van der Waals surface area (Å²) in [5.41, 5.74) is 7.68. The highest BCUT2D eigenvalue weighted by molar-refractivity contribution is 6.30. The highest BCUT2D eigenvalue weighted by Gasteiger charge is 2.25. The van der Waals surface area contributed by atoms with E-state index >= 15 is 0 Å². The van der Waals surface area contributed by atoms with Gasteiger partial charge < -0.3 is 4.57 Å². The van der Waals surface area contributed by atoms with Gasteiger partial charge in [0, 0.05) is 34.8 Å². The number of benzene rings is 3. The average Bonchev–Trinajstić information content (AvgIpc) is 3.53. The molecule has 0 aliphatic carbocycles. The predicted molar refractivity (Wildman–Crippen MR) is 145 cm³/mol. The number of para-hydroxylation sites is 1. The predicted octanol–water partition coefficient (Wildman–Crippen LogP) is 6.65. The molecule has 7 heteroatoms. The molecule has 6 rings (SSSR count). The monoisotopic (exact) mass is 494 g/mol. The maximum atomic E-state index is 6.10. The SMILES string of the molecule is Cc1ccc(C(C)(C)c2cncn2C)cc1.Clc1cccc(-c2cc3nnnn3c3ccccc23)c1. The fourth-order valence-corrected chi connectivity index (χ4v) is 4.71. The van der Waals surface area contributed by atoms with Crippen molar-refractivity contribution < 1.29 is 0 Å². The van der Waals surface area contributed by atoms with E-state index in [1.807, 2.05) is 68.1 Å². The smallest absolute Gasteiger partial charge is 0.180 e. The molecule has 0 saturated heterocycles. The van der Waals surface area contributed by atoms with Crippen molar-refractivity contribution in [2.75, 3.05) is 0 Å². The summed E-state index contributed by atoms with van der Waals surface area (Å²) in [6.07, 6.45) is 3.80. The molecule has 180 valence electrons. The van der Waals surface area contributed by atoms with E-state index in [0.717, 1.165) is 27.7 Å². The largest absolute Gasteiger partial charge is 0.337 e. The van der Waals surface area contributed by atoms with Crippen molar-refractivity contribution in [3.63, 3.8) is 0 Å². The van der Waals surface area contributed by atoms with Crippen LogP contribution < -0.4 is 0 Å². The lowest BCUT2D eigenvalue weighted by Crippen LogP contribution is -2.22. The van der Waals surface area contributed by atoms with Crippen LogP contribution in [0.1, 0.15) is 30.7 Å². The standard InChI is InChI=1S/C15H9ClN4.C14H18N2/c16-11-5-3-4-10(8-11)13-9-15-17-18-19-20(15)14-7-2-1-6-12(13)14;1-11-5-7-12(8-6-11)14(2,3)13-9-15-10-16(13)4/h1-9H;5-10H,1-4H3. The number of imidazole rings is 1. The molecule has 3 aromatic carbocycles. The molecule has 6 nitrogen and oxygen atoms in total. The first-order valence-electron chi connectivity index (χ1n) is 11.7. The van der Waals surface area contributed by atoms with Gasteiger partial charge in [-0.3, -0.25) is 0 Å². The maximum Gasteiger partial charge on any atom is 0.180 e. The number of hydrogen-bond acceptors (Lipinski definition) is 4. The molecule has 0 aliphatic rings. The third kappa shape index (κ3) is 4.48. The van der Waals surface area contributed by atoms with Crippen molar-refractivity contribution in [1.82, 2.24) is 29.6 Å². The van der Waals surface area contributed by atoms with Gasteiger partial charge in [-0.25, -0.2) is 4.98 Å². The molecule has 6 aromatic rings. The molecular weight excluding hydrogens is 468 g/mol. The van der Waals surface area contributed by atoms with Crippen molar-refractivity contribution in [3.8, 4) is 11.1 Å². The number of fused-ring (bicyclic) bond motifs is 3. The van der Waals surface area contributed by atoms with Crippen LogP contribution in [0.15, 0.2) is 91.4 Å². The lowest BCUT2D eigenvalue weighted by Gasteiger charge is -2.25. The molecule has 0 spiro atoms. The zero-order valence-corrected chi connectivity index (χ0v) is 21.5. The topological polar surface area (TPSA) is 60.9 Å². The van der Waals surface area contributed by atoms with Crippen LogP contribution in [0.5, 0.6) is 0 Å². The van der Waals surface area contributed by atoms with Gasteiger partial charge in [-0.15, -0.1) is 5.10 Å². The average molecular weight is 495 g/mol. The number of hydrogen-bond donors (Lipinski definition) is 0. The number of halogens is 1. The van der Waals surface area contributed by atoms with Crippen LogP contribution in [0.4, 0.5) is 0 Å². The minimum absolute atomic E-state index is 0.00104. The van der Waals surface area contributed by atoms with Crippen molar-refractivity contribution in [1.29, 1.82) is 0 Å². The van der Waals surface area contributed by atoms with Crippen molar-refractivity contribution in [3.05, 3.63) is 113 Å². The fraction of sp³-hybridized carbons (Fsp3) is 0.172. The van der Waals surface area contributed by atoms with Gasteiger partial charge in [0.05, 0.1) is 11.8 Å². The molecule has 0 amide bonds. The van der Waals surface area contributed by atoms with E-state index in [9.17, 15) is 0 Å².